The molecule has 1 saturated carbocycles. The van der Waals surface area contributed by atoms with E-state index < -0.39 is 12.5 Å². The van der Waals surface area contributed by atoms with Gasteiger partial charge in [0.15, 0.2) is 11.5 Å². The van der Waals surface area contributed by atoms with E-state index >= 15 is 0 Å². The lowest BCUT2D eigenvalue weighted by molar-refractivity contribution is -0.129. The normalized spacial score (nSPS) is 18.7. The lowest BCUT2D eigenvalue weighted by atomic mass is 9.96. The number of carbonyl (C=O) groups excluding carboxylic acids is 3. The Hall–Kier alpha value is -3.76. The second-order valence-electron chi connectivity index (χ2n) is 10.1. The first-order chi connectivity index (χ1) is 18.7. The van der Waals surface area contributed by atoms with Gasteiger partial charge in [-0.05, 0) is 61.9 Å². The number of nitrogens with zero attached hydrogens (tertiary/aromatic N) is 3. The van der Waals surface area contributed by atoms with Crippen molar-refractivity contribution in [1.29, 1.82) is 0 Å². The SMILES string of the molecule is CCN(C)C(=O)c1ccc(C(=O)NC[C@H]2C[C@@H](c3ccc(OC(F)F)c(OCC4CC4)c3)CN2C(C)=O)nc1. The Bertz CT molecular complexity index is 1190. The molecular formula is C28H34F2N4O5. The highest BCUT2D eigenvalue weighted by Gasteiger charge is 2.35. The summed E-state index contributed by atoms with van der Waals surface area (Å²) >= 11 is 0. The smallest absolute Gasteiger partial charge is 0.387 e. The topological polar surface area (TPSA) is 101 Å². The van der Waals surface area contributed by atoms with Crippen LogP contribution in [0.15, 0.2) is 36.5 Å². The quantitative estimate of drug-likeness (QED) is 0.463. The van der Waals surface area contributed by atoms with Gasteiger partial charge in [0.05, 0.1) is 12.2 Å². The summed E-state index contributed by atoms with van der Waals surface area (Å²) in [6, 6.07) is 7.71. The van der Waals surface area contributed by atoms with E-state index in [0.29, 0.717) is 37.6 Å². The van der Waals surface area contributed by atoms with Crippen molar-refractivity contribution in [3.63, 3.8) is 0 Å². The van der Waals surface area contributed by atoms with E-state index in [9.17, 15) is 23.2 Å². The van der Waals surface area contributed by atoms with Crippen LogP contribution in [-0.2, 0) is 4.79 Å². The fourth-order valence-electron chi connectivity index (χ4n) is 4.63. The summed E-state index contributed by atoms with van der Waals surface area (Å²) in [5, 5.41) is 2.84. The zero-order chi connectivity index (χ0) is 28.1. The molecule has 1 aliphatic heterocycles. The van der Waals surface area contributed by atoms with E-state index in [1.165, 1.54) is 25.3 Å². The molecule has 11 heteroatoms. The molecule has 1 N–H and O–H groups in total. The monoisotopic (exact) mass is 544 g/mol. The number of halogens is 2. The summed E-state index contributed by atoms with van der Waals surface area (Å²) in [5.41, 5.74) is 1.41. The summed E-state index contributed by atoms with van der Waals surface area (Å²) < 4.78 is 36.3. The summed E-state index contributed by atoms with van der Waals surface area (Å²) in [5.74, 6) is -0.0935. The van der Waals surface area contributed by atoms with Crippen LogP contribution in [0.1, 0.15) is 65.4 Å². The molecular weight excluding hydrogens is 510 g/mol. The highest BCUT2D eigenvalue weighted by Crippen LogP contribution is 2.38. The highest BCUT2D eigenvalue weighted by molar-refractivity contribution is 5.96. The molecule has 2 fully saturated rings. The maximum atomic E-state index is 12.9. The predicted molar refractivity (Wildman–Crippen MR) is 139 cm³/mol. The third-order valence-electron chi connectivity index (χ3n) is 7.21. The molecule has 210 valence electrons. The minimum absolute atomic E-state index is 0.0128. The number of rotatable bonds is 11. The number of ether oxygens (including phenoxy) is 2. The summed E-state index contributed by atoms with van der Waals surface area (Å²) in [4.78, 5) is 44.8. The molecule has 0 unspecified atom stereocenters. The first-order valence-corrected chi connectivity index (χ1v) is 13.1. The van der Waals surface area contributed by atoms with Gasteiger partial charge in [0.25, 0.3) is 11.8 Å². The van der Waals surface area contributed by atoms with Crippen LogP contribution in [0.4, 0.5) is 8.78 Å². The van der Waals surface area contributed by atoms with E-state index in [-0.39, 0.29) is 47.5 Å². The Balaban J connectivity index is 1.41. The van der Waals surface area contributed by atoms with Gasteiger partial charge in [0, 0.05) is 51.8 Å². The Morgan fingerprint density at radius 3 is 2.56 bits per heavy atom. The third kappa shape index (κ3) is 7.21. The van der Waals surface area contributed by atoms with Crippen LogP contribution >= 0.6 is 0 Å². The third-order valence-corrected chi connectivity index (χ3v) is 7.21. The molecule has 1 saturated heterocycles. The molecule has 1 aromatic carbocycles. The molecule has 0 radical (unpaired) electrons. The molecule has 2 aromatic rings. The fraction of sp³-hybridized carbons (Fsp3) is 0.500. The minimum atomic E-state index is -2.96. The number of benzene rings is 1. The number of hydrogen-bond donors (Lipinski definition) is 1. The Kier molecular flexibility index (Phi) is 8.98. The molecule has 4 rings (SSSR count). The number of hydrogen-bond acceptors (Lipinski definition) is 6. The molecule has 1 aromatic heterocycles. The largest absolute Gasteiger partial charge is 0.489 e. The standard InChI is InChI=1S/C28H34F2N4O5/c1-4-33(3)27(37)20-7-9-23(31-13-20)26(36)32-14-22-11-21(15-34(22)17(2)35)19-8-10-24(39-28(29)30)25(12-19)38-16-18-5-6-18/h7-10,12-13,18,21-22,28H,4-6,11,14-16H2,1-3H3,(H,32,36)/t21-,22-/m1/s1. The van der Waals surface area contributed by atoms with E-state index in [2.05, 4.69) is 15.0 Å². The number of aromatic nitrogens is 1. The first kappa shape index (κ1) is 28.3. The molecule has 1 aliphatic carbocycles. The van der Waals surface area contributed by atoms with E-state index in [1.54, 1.807) is 35.0 Å². The summed E-state index contributed by atoms with van der Waals surface area (Å²) in [6.07, 6.45) is 4.06. The number of pyridine rings is 1. The van der Waals surface area contributed by atoms with Crippen molar-refractivity contribution in [2.24, 2.45) is 5.92 Å². The minimum Gasteiger partial charge on any atom is -0.489 e. The fourth-order valence-corrected chi connectivity index (χ4v) is 4.63. The number of alkyl halides is 2. The first-order valence-electron chi connectivity index (χ1n) is 13.1. The molecule has 9 nitrogen and oxygen atoms in total. The molecule has 2 aliphatic rings. The van der Waals surface area contributed by atoms with Gasteiger partial charge < -0.3 is 24.6 Å². The molecule has 0 spiro atoms. The summed E-state index contributed by atoms with van der Waals surface area (Å²) in [6.45, 7) is 2.02. The maximum absolute atomic E-state index is 12.9. The van der Waals surface area contributed by atoms with Gasteiger partial charge in [-0.3, -0.25) is 19.4 Å². The van der Waals surface area contributed by atoms with Crippen LogP contribution in [0.2, 0.25) is 0 Å². The maximum Gasteiger partial charge on any atom is 0.387 e. The van der Waals surface area contributed by atoms with Crippen LogP contribution < -0.4 is 14.8 Å². The average molecular weight is 545 g/mol. The molecule has 0 bridgehead atoms. The molecule has 2 atom stereocenters. The van der Waals surface area contributed by atoms with E-state index in [4.69, 9.17) is 4.74 Å². The van der Waals surface area contributed by atoms with Crippen molar-refractivity contribution in [3.8, 4) is 11.5 Å². The van der Waals surface area contributed by atoms with Crippen LogP contribution in [0.25, 0.3) is 0 Å². The molecule has 39 heavy (non-hydrogen) atoms. The lowest BCUT2D eigenvalue weighted by Gasteiger charge is -2.23. The summed E-state index contributed by atoms with van der Waals surface area (Å²) in [7, 11) is 1.69. The zero-order valence-corrected chi connectivity index (χ0v) is 22.4. The van der Waals surface area contributed by atoms with Crippen LogP contribution in [0.3, 0.4) is 0 Å². The van der Waals surface area contributed by atoms with Gasteiger partial charge in [0.2, 0.25) is 5.91 Å². The second kappa shape index (κ2) is 12.4. The van der Waals surface area contributed by atoms with Gasteiger partial charge in [-0.2, -0.15) is 8.78 Å². The number of carbonyl (C=O) groups is 3. The Labute approximate surface area is 226 Å². The number of likely N-dealkylation sites (tertiary alicyclic amines) is 1. The van der Waals surface area contributed by atoms with Gasteiger partial charge in [-0.1, -0.05) is 6.07 Å². The van der Waals surface area contributed by atoms with Gasteiger partial charge in [-0.15, -0.1) is 0 Å². The van der Waals surface area contributed by atoms with Crippen molar-refractivity contribution >= 4 is 17.7 Å². The lowest BCUT2D eigenvalue weighted by Crippen LogP contribution is -2.42. The van der Waals surface area contributed by atoms with Crippen molar-refractivity contribution in [2.45, 2.75) is 51.7 Å². The van der Waals surface area contributed by atoms with E-state index in [0.717, 1.165) is 18.4 Å². The molecule has 3 amide bonds. The highest BCUT2D eigenvalue weighted by atomic mass is 19.3. The van der Waals surface area contributed by atoms with Gasteiger partial charge in [-0.25, -0.2) is 0 Å². The van der Waals surface area contributed by atoms with Crippen LogP contribution in [0.5, 0.6) is 11.5 Å². The second-order valence-corrected chi connectivity index (χ2v) is 10.1. The van der Waals surface area contributed by atoms with Crippen molar-refractivity contribution < 1.29 is 32.6 Å². The zero-order valence-electron chi connectivity index (χ0n) is 22.4. The van der Waals surface area contributed by atoms with Crippen molar-refractivity contribution in [2.75, 3.05) is 33.3 Å². The molecule has 2 heterocycles. The predicted octanol–water partition coefficient (Wildman–Crippen LogP) is 3.70. The number of amides is 3. The Morgan fingerprint density at radius 2 is 1.95 bits per heavy atom. The van der Waals surface area contributed by atoms with Crippen molar-refractivity contribution in [3.05, 3.63) is 53.3 Å². The van der Waals surface area contributed by atoms with Crippen LogP contribution in [-0.4, -0.2) is 78.4 Å². The van der Waals surface area contributed by atoms with Crippen LogP contribution in [0, 0.1) is 5.92 Å². The number of nitrogens with one attached hydrogen (secondary N) is 1. The van der Waals surface area contributed by atoms with Gasteiger partial charge in [0.1, 0.15) is 5.69 Å². The Morgan fingerprint density at radius 1 is 1.18 bits per heavy atom. The average Bonchev–Trinajstić information content (AvgIpc) is 3.66. The van der Waals surface area contributed by atoms with Crippen molar-refractivity contribution in [1.82, 2.24) is 20.1 Å². The van der Waals surface area contributed by atoms with E-state index in [1.807, 2.05) is 6.92 Å². The van der Waals surface area contributed by atoms with Gasteiger partial charge >= 0.3 is 6.61 Å².